The van der Waals surface area contributed by atoms with Crippen LogP contribution in [0.15, 0.2) is 0 Å². The van der Waals surface area contributed by atoms with E-state index in [0.29, 0.717) is 0 Å². The van der Waals surface area contributed by atoms with E-state index in [-0.39, 0.29) is 15.8 Å². The summed E-state index contributed by atoms with van der Waals surface area (Å²) >= 11 is 2.39. The van der Waals surface area contributed by atoms with Crippen LogP contribution in [0.1, 0.15) is 139 Å². The normalized spacial score (nSPS) is 19.0. The SMILES string of the molecule is CCCP(CCC)c1c(C2CCCCC2)sc(C2CCCCC2)c1P(CCC)CCC. The van der Waals surface area contributed by atoms with Crippen LogP contribution in [0.4, 0.5) is 0 Å². The molecular formula is C28H50P2S. The number of rotatable bonds is 12. The molecule has 0 aliphatic heterocycles. The summed E-state index contributed by atoms with van der Waals surface area (Å²) in [7, 11) is 0.100. The maximum Gasteiger partial charge on any atom is 0.0163 e. The third-order valence-corrected chi connectivity index (χ3v) is 15.6. The Kier molecular flexibility index (Phi) is 11.9. The molecule has 0 N–H and O–H groups in total. The van der Waals surface area contributed by atoms with Gasteiger partial charge in [0.15, 0.2) is 0 Å². The fourth-order valence-electron chi connectivity index (χ4n) is 6.09. The van der Waals surface area contributed by atoms with Crippen LogP contribution in [0.25, 0.3) is 0 Å². The predicted octanol–water partition coefficient (Wildman–Crippen LogP) is 9.70. The summed E-state index contributed by atoms with van der Waals surface area (Å²) < 4.78 is 0. The van der Waals surface area contributed by atoms with Crippen molar-refractivity contribution in [1.82, 2.24) is 0 Å². The van der Waals surface area contributed by atoms with Gasteiger partial charge in [-0.2, -0.15) is 0 Å². The van der Waals surface area contributed by atoms with E-state index in [2.05, 4.69) is 39.0 Å². The van der Waals surface area contributed by atoms with E-state index >= 15 is 0 Å². The molecule has 0 atom stereocenters. The highest BCUT2D eigenvalue weighted by Gasteiger charge is 2.34. The van der Waals surface area contributed by atoms with Crippen molar-refractivity contribution >= 4 is 37.8 Å². The molecule has 178 valence electrons. The van der Waals surface area contributed by atoms with E-state index in [1.807, 2.05) is 20.4 Å². The van der Waals surface area contributed by atoms with Gasteiger partial charge < -0.3 is 0 Å². The monoisotopic (exact) mass is 480 g/mol. The lowest BCUT2D eigenvalue weighted by molar-refractivity contribution is 0.448. The molecule has 0 radical (unpaired) electrons. The molecule has 0 aromatic carbocycles. The molecular weight excluding hydrogens is 430 g/mol. The Balaban J connectivity index is 2.15. The number of hydrogen-bond donors (Lipinski definition) is 0. The van der Waals surface area contributed by atoms with E-state index in [4.69, 9.17) is 0 Å². The third-order valence-electron chi connectivity index (χ3n) is 7.47. The molecule has 2 aliphatic rings. The maximum atomic E-state index is 2.44. The van der Waals surface area contributed by atoms with Crippen LogP contribution in [0.5, 0.6) is 0 Å². The molecule has 0 saturated heterocycles. The standard InChI is InChI=1S/C28H50P2S/c1-5-19-29(20-6-2)25-26(30(21-7-3)22-8-4)28(24-17-13-10-14-18-24)31-27(25)23-15-11-9-12-16-23/h23-24H,5-22H2,1-4H3. The smallest absolute Gasteiger partial charge is 0.0163 e. The van der Waals surface area contributed by atoms with Gasteiger partial charge in [0.05, 0.1) is 0 Å². The first kappa shape index (κ1) is 26.2. The fraction of sp³-hybridized carbons (Fsp3) is 0.857. The van der Waals surface area contributed by atoms with Crippen LogP contribution >= 0.6 is 27.2 Å². The van der Waals surface area contributed by atoms with Gasteiger partial charge in [-0.1, -0.05) is 108 Å². The van der Waals surface area contributed by atoms with Gasteiger partial charge in [0.2, 0.25) is 0 Å². The van der Waals surface area contributed by atoms with Crippen molar-refractivity contribution in [3.05, 3.63) is 9.75 Å². The van der Waals surface area contributed by atoms with E-state index in [1.165, 1.54) is 115 Å². The lowest BCUT2D eigenvalue weighted by atomic mass is 9.87. The van der Waals surface area contributed by atoms with Crippen LogP contribution in [-0.2, 0) is 0 Å². The molecule has 0 spiro atoms. The van der Waals surface area contributed by atoms with Crippen molar-refractivity contribution in [2.45, 2.75) is 129 Å². The summed E-state index contributed by atoms with van der Waals surface area (Å²) in [5.41, 5.74) is 0. The zero-order chi connectivity index (χ0) is 22.1. The van der Waals surface area contributed by atoms with Crippen LogP contribution in [0.3, 0.4) is 0 Å². The van der Waals surface area contributed by atoms with Crippen LogP contribution in [0, 0.1) is 0 Å². The second-order valence-electron chi connectivity index (χ2n) is 10.2. The van der Waals surface area contributed by atoms with Gasteiger partial charge in [0.1, 0.15) is 0 Å². The minimum atomic E-state index is 0.0502. The van der Waals surface area contributed by atoms with Crippen molar-refractivity contribution in [3.8, 4) is 0 Å². The molecule has 0 unspecified atom stereocenters. The van der Waals surface area contributed by atoms with E-state index < -0.39 is 0 Å². The van der Waals surface area contributed by atoms with Gasteiger partial charge >= 0.3 is 0 Å². The van der Waals surface area contributed by atoms with Gasteiger partial charge in [0, 0.05) is 9.75 Å². The highest BCUT2D eigenvalue weighted by Crippen LogP contribution is 2.51. The number of hydrogen-bond acceptors (Lipinski definition) is 1. The lowest BCUT2D eigenvalue weighted by Gasteiger charge is -2.29. The van der Waals surface area contributed by atoms with E-state index in [1.54, 1.807) is 0 Å². The molecule has 3 rings (SSSR count). The summed E-state index contributed by atoms with van der Waals surface area (Å²) in [5, 5.41) is 4.06. The van der Waals surface area contributed by atoms with Crippen molar-refractivity contribution in [2.24, 2.45) is 0 Å². The first-order chi connectivity index (χ1) is 15.2. The molecule has 2 fully saturated rings. The van der Waals surface area contributed by atoms with Crippen molar-refractivity contribution in [3.63, 3.8) is 0 Å². The Labute approximate surface area is 201 Å². The van der Waals surface area contributed by atoms with Crippen LogP contribution < -0.4 is 10.6 Å². The second-order valence-corrected chi connectivity index (χ2v) is 16.1. The lowest BCUT2D eigenvalue weighted by Crippen LogP contribution is -2.29. The van der Waals surface area contributed by atoms with Crippen molar-refractivity contribution in [1.29, 1.82) is 0 Å². The summed E-state index contributed by atoms with van der Waals surface area (Å²) in [6, 6.07) is 0. The molecule has 3 heteroatoms. The molecule has 2 saturated carbocycles. The average Bonchev–Trinajstić information content (AvgIpc) is 3.20. The van der Waals surface area contributed by atoms with Crippen molar-refractivity contribution < 1.29 is 0 Å². The highest BCUT2D eigenvalue weighted by atomic mass is 32.1. The first-order valence-corrected chi connectivity index (χ1v) is 18.1. The molecule has 0 amide bonds. The summed E-state index contributed by atoms with van der Waals surface area (Å²) in [6.07, 6.45) is 26.3. The molecule has 31 heavy (non-hydrogen) atoms. The molecule has 1 heterocycles. The highest BCUT2D eigenvalue weighted by molar-refractivity contribution is 7.73. The predicted molar refractivity (Wildman–Crippen MR) is 150 cm³/mol. The Hall–Kier alpha value is 0.560. The van der Waals surface area contributed by atoms with Crippen LogP contribution in [0.2, 0.25) is 0 Å². The molecule has 0 nitrogen and oxygen atoms in total. The third kappa shape index (κ3) is 6.80. The summed E-state index contributed by atoms with van der Waals surface area (Å²) in [4.78, 5) is 3.89. The second kappa shape index (κ2) is 14.1. The maximum absolute atomic E-state index is 2.44. The zero-order valence-corrected chi connectivity index (χ0v) is 23.8. The van der Waals surface area contributed by atoms with Gasteiger partial charge in [-0.3, -0.25) is 0 Å². The average molecular weight is 481 g/mol. The Morgan fingerprint density at radius 3 is 1.16 bits per heavy atom. The Morgan fingerprint density at radius 2 is 0.871 bits per heavy atom. The van der Waals surface area contributed by atoms with Crippen molar-refractivity contribution in [2.75, 3.05) is 24.6 Å². The molecule has 1 aromatic heterocycles. The fourth-order valence-corrected chi connectivity index (χ4v) is 14.9. The van der Waals surface area contributed by atoms with E-state index in [9.17, 15) is 0 Å². The Morgan fingerprint density at radius 1 is 0.548 bits per heavy atom. The van der Waals surface area contributed by atoms with Gasteiger partial charge in [-0.15, -0.1) is 11.3 Å². The quantitative estimate of drug-likeness (QED) is 0.261. The molecule has 0 bridgehead atoms. The zero-order valence-electron chi connectivity index (χ0n) is 21.2. The molecule has 1 aromatic rings. The van der Waals surface area contributed by atoms with Gasteiger partial charge in [0.25, 0.3) is 0 Å². The number of thiophene rings is 1. The van der Waals surface area contributed by atoms with Gasteiger partial charge in [-0.25, -0.2) is 0 Å². The Bertz CT molecular complexity index is 561. The summed E-state index contributed by atoms with van der Waals surface area (Å²) in [6.45, 7) is 9.78. The minimum Gasteiger partial charge on any atom is -0.143 e. The summed E-state index contributed by atoms with van der Waals surface area (Å²) in [5.74, 6) is 1.81. The van der Waals surface area contributed by atoms with Gasteiger partial charge in [-0.05, 0) is 72.8 Å². The van der Waals surface area contributed by atoms with Crippen LogP contribution in [-0.4, -0.2) is 24.6 Å². The molecule has 2 aliphatic carbocycles. The largest absolute Gasteiger partial charge is 0.143 e. The first-order valence-electron chi connectivity index (χ1n) is 13.9. The topological polar surface area (TPSA) is 0 Å². The van der Waals surface area contributed by atoms with E-state index in [0.717, 1.165) is 11.8 Å². The minimum absolute atomic E-state index is 0.0502.